The zero-order valence-electron chi connectivity index (χ0n) is 18.8. The lowest BCUT2D eigenvalue weighted by Crippen LogP contribution is -2.32. The molecule has 1 amide bonds. The summed E-state index contributed by atoms with van der Waals surface area (Å²) in [7, 11) is 0. The minimum absolute atomic E-state index is 0.0569. The number of thiophene rings is 1. The molecule has 0 radical (unpaired) electrons. The molecule has 6 nitrogen and oxygen atoms in total. The number of amides is 1. The third-order valence-electron chi connectivity index (χ3n) is 5.78. The van der Waals surface area contributed by atoms with Crippen LogP contribution in [-0.2, 0) is 17.9 Å². The van der Waals surface area contributed by atoms with Gasteiger partial charge in [0.2, 0.25) is 5.91 Å². The van der Waals surface area contributed by atoms with Gasteiger partial charge < -0.3 is 9.32 Å². The van der Waals surface area contributed by atoms with Crippen LogP contribution in [0.5, 0.6) is 0 Å². The van der Waals surface area contributed by atoms with Crippen LogP contribution in [0.1, 0.15) is 37.0 Å². The van der Waals surface area contributed by atoms with Gasteiger partial charge >= 0.3 is 0 Å². The summed E-state index contributed by atoms with van der Waals surface area (Å²) in [5, 5.41) is 11.7. The summed E-state index contributed by atoms with van der Waals surface area (Å²) in [6.45, 7) is 1.11. The van der Waals surface area contributed by atoms with Gasteiger partial charge in [-0.25, -0.2) is 0 Å². The number of hydrogen-bond donors (Lipinski definition) is 0. The summed E-state index contributed by atoms with van der Waals surface area (Å²) in [4.78, 5) is 16.4. The van der Waals surface area contributed by atoms with Crippen molar-refractivity contribution in [2.24, 2.45) is 0 Å². The molecule has 0 atom stereocenters. The Bertz CT molecular complexity index is 1230. The highest BCUT2D eigenvalue weighted by atomic mass is 32.2. The zero-order chi connectivity index (χ0) is 23.2. The van der Waals surface area contributed by atoms with Crippen molar-refractivity contribution in [3.05, 3.63) is 89.3 Å². The number of furan rings is 1. The van der Waals surface area contributed by atoms with Crippen LogP contribution < -0.4 is 0 Å². The number of carbonyl (C=O) groups is 1. The predicted octanol–water partition coefficient (Wildman–Crippen LogP) is 6.23. The Kier molecular flexibility index (Phi) is 7.26. The smallest absolute Gasteiger partial charge is 0.237 e. The third-order valence-corrected chi connectivity index (χ3v) is 7.59. The number of nitrogens with zero attached hydrogens (tertiary/aromatic N) is 4. The number of hydrogen-bond acceptors (Lipinski definition) is 6. The van der Waals surface area contributed by atoms with Crippen molar-refractivity contribution >= 4 is 29.0 Å². The number of aromatic nitrogens is 3. The maximum atomic E-state index is 13.4. The molecule has 174 valence electrons. The predicted molar refractivity (Wildman–Crippen MR) is 135 cm³/mol. The molecular formula is C26H26N4O2S2. The molecule has 0 saturated heterocycles. The Morgan fingerprint density at radius 2 is 2.00 bits per heavy atom. The largest absolute Gasteiger partial charge is 0.467 e. The monoisotopic (exact) mass is 490 g/mol. The van der Waals surface area contributed by atoms with Crippen molar-refractivity contribution in [2.75, 3.05) is 5.75 Å². The number of allylic oxidation sites excluding steroid dienone is 2. The van der Waals surface area contributed by atoms with Crippen LogP contribution in [-0.4, -0.2) is 31.3 Å². The van der Waals surface area contributed by atoms with Crippen LogP contribution >= 0.6 is 23.1 Å². The minimum atomic E-state index is 0.0569. The van der Waals surface area contributed by atoms with E-state index in [4.69, 9.17) is 4.42 Å². The number of benzene rings is 1. The van der Waals surface area contributed by atoms with Crippen molar-refractivity contribution in [2.45, 2.75) is 43.9 Å². The standard InChI is InChI=1S/C26H26N4O2S2/c31-24(29(18-22-13-7-15-32-22)21-11-5-2-6-12-21)19-34-26-28-27-25(23-14-8-16-33-23)30(26)17-20-9-3-1-4-10-20/h1,3-4,7-11,13-16H,2,5-6,12,17-19H2. The Hall–Kier alpha value is -3.10. The second kappa shape index (κ2) is 10.9. The summed E-state index contributed by atoms with van der Waals surface area (Å²) in [6, 6.07) is 18.1. The van der Waals surface area contributed by atoms with E-state index < -0.39 is 0 Å². The van der Waals surface area contributed by atoms with E-state index in [2.05, 4.69) is 39.0 Å². The van der Waals surface area contributed by atoms with Gasteiger partial charge in [0.1, 0.15) is 5.76 Å². The Morgan fingerprint density at radius 3 is 2.74 bits per heavy atom. The Labute approximate surface area is 207 Å². The molecule has 0 aliphatic heterocycles. The SMILES string of the molecule is O=C(CSc1nnc(-c2cccs2)n1Cc1ccccc1)N(Cc1ccco1)C1=CCCCC1. The second-order valence-corrected chi connectivity index (χ2v) is 10.0. The molecule has 0 fully saturated rings. The molecule has 0 saturated carbocycles. The lowest BCUT2D eigenvalue weighted by molar-refractivity contribution is -0.127. The van der Waals surface area contributed by atoms with Crippen molar-refractivity contribution in [3.63, 3.8) is 0 Å². The molecular weight excluding hydrogens is 464 g/mol. The van der Waals surface area contributed by atoms with Gasteiger partial charge in [-0.15, -0.1) is 21.5 Å². The van der Waals surface area contributed by atoms with Gasteiger partial charge in [0.05, 0.1) is 30.0 Å². The molecule has 3 heterocycles. The molecule has 0 spiro atoms. The molecule has 3 aromatic heterocycles. The van der Waals surface area contributed by atoms with Crippen molar-refractivity contribution in [3.8, 4) is 10.7 Å². The van der Waals surface area contributed by atoms with Crippen LogP contribution in [0, 0.1) is 0 Å². The van der Waals surface area contributed by atoms with Crippen molar-refractivity contribution in [1.29, 1.82) is 0 Å². The van der Waals surface area contributed by atoms with Gasteiger partial charge in [-0.05, 0) is 54.8 Å². The first-order valence-electron chi connectivity index (χ1n) is 11.4. The Morgan fingerprint density at radius 1 is 1.09 bits per heavy atom. The maximum absolute atomic E-state index is 13.4. The molecule has 0 N–H and O–H groups in total. The molecule has 1 aliphatic carbocycles. The van der Waals surface area contributed by atoms with Gasteiger partial charge in [-0.1, -0.05) is 54.2 Å². The number of carbonyl (C=O) groups excluding carboxylic acids is 1. The van der Waals surface area contributed by atoms with Crippen LogP contribution in [0.2, 0.25) is 0 Å². The summed E-state index contributed by atoms with van der Waals surface area (Å²) in [5.74, 6) is 1.96. The van der Waals surface area contributed by atoms with E-state index in [0.717, 1.165) is 46.6 Å². The zero-order valence-corrected chi connectivity index (χ0v) is 20.4. The first kappa shape index (κ1) is 22.7. The van der Waals surface area contributed by atoms with Crippen LogP contribution in [0.4, 0.5) is 0 Å². The highest BCUT2D eigenvalue weighted by molar-refractivity contribution is 7.99. The van der Waals surface area contributed by atoms with E-state index in [0.29, 0.717) is 13.1 Å². The van der Waals surface area contributed by atoms with Gasteiger partial charge in [-0.2, -0.15) is 0 Å². The fourth-order valence-electron chi connectivity index (χ4n) is 4.07. The molecule has 5 rings (SSSR count). The average Bonchev–Trinajstić information content (AvgIpc) is 3.65. The quantitative estimate of drug-likeness (QED) is 0.260. The van der Waals surface area contributed by atoms with Crippen LogP contribution in [0.3, 0.4) is 0 Å². The highest BCUT2D eigenvalue weighted by Crippen LogP contribution is 2.29. The van der Waals surface area contributed by atoms with E-state index in [1.54, 1.807) is 17.6 Å². The van der Waals surface area contributed by atoms with E-state index in [-0.39, 0.29) is 11.7 Å². The van der Waals surface area contributed by atoms with E-state index in [1.165, 1.54) is 23.7 Å². The molecule has 8 heteroatoms. The van der Waals surface area contributed by atoms with E-state index >= 15 is 0 Å². The Balaban J connectivity index is 1.36. The summed E-state index contributed by atoms with van der Waals surface area (Å²) < 4.78 is 7.65. The van der Waals surface area contributed by atoms with Crippen LogP contribution in [0.15, 0.2) is 87.6 Å². The van der Waals surface area contributed by atoms with Crippen molar-refractivity contribution in [1.82, 2.24) is 19.7 Å². The molecule has 4 aromatic rings. The highest BCUT2D eigenvalue weighted by Gasteiger charge is 2.23. The van der Waals surface area contributed by atoms with Gasteiger partial charge in [0.25, 0.3) is 0 Å². The topological polar surface area (TPSA) is 64.2 Å². The molecule has 34 heavy (non-hydrogen) atoms. The lowest BCUT2D eigenvalue weighted by Gasteiger charge is -2.27. The molecule has 0 unspecified atom stereocenters. The van der Waals surface area contributed by atoms with Crippen molar-refractivity contribution < 1.29 is 9.21 Å². The molecule has 1 aliphatic rings. The number of thioether (sulfide) groups is 1. The third kappa shape index (κ3) is 5.34. The summed E-state index contributed by atoms with van der Waals surface area (Å²) in [6.07, 6.45) is 8.07. The van der Waals surface area contributed by atoms with Gasteiger partial charge in [-0.3, -0.25) is 9.36 Å². The number of rotatable bonds is 9. The van der Waals surface area contributed by atoms with Gasteiger partial charge in [0.15, 0.2) is 11.0 Å². The van der Waals surface area contributed by atoms with Crippen LogP contribution in [0.25, 0.3) is 10.7 Å². The summed E-state index contributed by atoms with van der Waals surface area (Å²) >= 11 is 3.08. The first-order valence-corrected chi connectivity index (χ1v) is 13.3. The first-order chi connectivity index (χ1) is 16.8. The normalized spacial score (nSPS) is 13.6. The lowest BCUT2D eigenvalue weighted by atomic mass is 10.0. The average molecular weight is 491 g/mol. The summed E-state index contributed by atoms with van der Waals surface area (Å²) in [5.41, 5.74) is 2.26. The second-order valence-electron chi connectivity index (χ2n) is 8.14. The fraction of sp³-hybridized carbons (Fsp3) is 0.269. The molecule has 0 bridgehead atoms. The fourth-order valence-corrected chi connectivity index (χ4v) is 5.60. The minimum Gasteiger partial charge on any atom is -0.467 e. The van der Waals surface area contributed by atoms with E-state index in [1.807, 2.05) is 46.7 Å². The van der Waals surface area contributed by atoms with E-state index in [9.17, 15) is 4.79 Å². The van der Waals surface area contributed by atoms with Gasteiger partial charge in [0, 0.05) is 5.70 Å². The maximum Gasteiger partial charge on any atom is 0.237 e. The molecule has 1 aromatic carbocycles.